The minimum absolute atomic E-state index is 0.173. The SMILES string of the molecule is C#Cc1cccc(NC(c2ccco2)c2nccn2C)c1. The zero-order valence-electron chi connectivity index (χ0n) is 11.7. The highest BCUT2D eigenvalue weighted by molar-refractivity contribution is 5.52. The molecule has 1 unspecified atom stereocenters. The van der Waals surface area contributed by atoms with Gasteiger partial charge in [0.05, 0.1) is 6.26 Å². The standard InChI is InChI=1S/C17H15N3O/c1-3-13-6-4-7-14(12-13)19-16(15-8-5-11-21-15)17-18-9-10-20(17)2/h1,4-12,16,19H,2H3. The van der Waals surface area contributed by atoms with Crippen LogP contribution in [0.4, 0.5) is 5.69 Å². The number of terminal acetylenes is 1. The van der Waals surface area contributed by atoms with E-state index in [4.69, 9.17) is 10.8 Å². The zero-order chi connectivity index (χ0) is 14.7. The van der Waals surface area contributed by atoms with Crippen molar-refractivity contribution in [3.05, 3.63) is 72.2 Å². The number of aromatic nitrogens is 2. The molecule has 0 aliphatic heterocycles. The van der Waals surface area contributed by atoms with E-state index in [-0.39, 0.29) is 6.04 Å². The predicted octanol–water partition coefficient (Wildman–Crippen LogP) is 3.20. The van der Waals surface area contributed by atoms with Crippen LogP contribution in [0.25, 0.3) is 0 Å². The zero-order valence-corrected chi connectivity index (χ0v) is 11.7. The van der Waals surface area contributed by atoms with E-state index >= 15 is 0 Å². The summed E-state index contributed by atoms with van der Waals surface area (Å²) in [6.45, 7) is 0. The molecule has 1 N–H and O–H groups in total. The van der Waals surface area contributed by atoms with E-state index in [1.54, 1.807) is 12.5 Å². The van der Waals surface area contributed by atoms with Crippen molar-refractivity contribution in [2.75, 3.05) is 5.32 Å². The maximum atomic E-state index is 5.55. The van der Waals surface area contributed by atoms with Gasteiger partial charge in [-0.15, -0.1) is 6.42 Å². The first-order valence-electron chi connectivity index (χ1n) is 6.62. The number of imidazole rings is 1. The first kappa shape index (κ1) is 13.1. The fraction of sp³-hybridized carbons (Fsp3) is 0.118. The maximum absolute atomic E-state index is 5.55. The summed E-state index contributed by atoms with van der Waals surface area (Å²) in [6.07, 6.45) is 10.8. The molecule has 0 aliphatic rings. The van der Waals surface area contributed by atoms with E-state index in [0.717, 1.165) is 22.8 Å². The maximum Gasteiger partial charge on any atom is 0.143 e. The molecule has 0 saturated heterocycles. The number of hydrogen-bond donors (Lipinski definition) is 1. The third kappa shape index (κ3) is 2.67. The third-order valence-corrected chi connectivity index (χ3v) is 3.28. The van der Waals surface area contributed by atoms with E-state index in [2.05, 4.69) is 16.2 Å². The van der Waals surface area contributed by atoms with Gasteiger partial charge in [-0.1, -0.05) is 12.0 Å². The third-order valence-electron chi connectivity index (χ3n) is 3.28. The van der Waals surface area contributed by atoms with Gasteiger partial charge < -0.3 is 14.3 Å². The number of aryl methyl sites for hydroxylation is 1. The van der Waals surface area contributed by atoms with Gasteiger partial charge in [-0.25, -0.2) is 4.98 Å². The summed E-state index contributed by atoms with van der Waals surface area (Å²) in [5.74, 6) is 4.31. The lowest BCUT2D eigenvalue weighted by atomic mass is 10.1. The van der Waals surface area contributed by atoms with Crippen LogP contribution in [0.1, 0.15) is 23.2 Å². The molecule has 0 radical (unpaired) electrons. The molecule has 0 fully saturated rings. The van der Waals surface area contributed by atoms with Crippen LogP contribution in [0.15, 0.2) is 59.5 Å². The summed E-state index contributed by atoms with van der Waals surface area (Å²) < 4.78 is 7.51. The van der Waals surface area contributed by atoms with Crippen LogP contribution in [0, 0.1) is 12.3 Å². The van der Waals surface area contributed by atoms with Gasteiger partial charge in [0.2, 0.25) is 0 Å². The molecule has 21 heavy (non-hydrogen) atoms. The van der Waals surface area contributed by atoms with Crippen molar-refractivity contribution in [1.82, 2.24) is 9.55 Å². The number of furan rings is 1. The summed E-state index contributed by atoms with van der Waals surface area (Å²) in [6, 6.07) is 11.3. The van der Waals surface area contributed by atoms with Crippen molar-refractivity contribution in [3.8, 4) is 12.3 Å². The fourth-order valence-electron chi connectivity index (χ4n) is 2.24. The Labute approximate surface area is 123 Å². The summed E-state index contributed by atoms with van der Waals surface area (Å²) in [4.78, 5) is 4.41. The Hall–Kier alpha value is -2.93. The van der Waals surface area contributed by atoms with Crippen molar-refractivity contribution < 1.29 is 4.42 Å². The average molecular weight is 277 g/mol. The van der Waals surface area contributed by atoms with Crippen molar-refractivity contribution in [2.45, 2.75) is 6.04 Å². The number of nitrogens with one attached hydrogen (secondary N) is 1. The van der Waals surface area contributed by atoms with Crippen LogP contribution in [0.5, 0.6) is 0 Å². The second-order valence-corrected chi connectivity index (χ2v) is 4.71. The van der Waals surface area contributed by atoms with Crippen molar-refractivity contribution >= 4 is 5.69 Å². The summed E-state index contributed by atoms with van der Waals surface area (Å²) in [5, 5.41) is 3.43. The molecule has 0 amide bonds. The first-order valence-corrected chi connectivity index (χ1v) is 6.62. The largest absolute Gasteiger partial charge is 0.467 e. The molecule has 2 aromatic heterocycles. The molecular formula is C17H15N3O. The number of nitrogens with zero attached hydrogens (tertiary/aromatic N) is 2. The van der Waals surface area contributed by atoms with Crippen LogP contribution >= 0.6 is 0 Å². The van der Waals surface area contributed by atoms with Gasteiger partial charge in [-0.3, -0.25) is 0 Å². The van der Waals surface area contributed by atoms with Crippen LogP contribution in [-0.4, -0.2) is 9.55 Å². The number of hydrogen-bond acceptors (Lipinski definition) is 3. The van der Waals surface area contributed by atoms with E-state index in [1.807, 2.05) is 54.2 Å². The Bertz CT molecular complexity index is 765. The molecule has 0 aliphatic carbocycles. The molecule has 2 heterocycles. The quantitative estimate of drug-likeness (QED) is 0.745. The Morgan fingerprint density at radius 3 is 2.90 bits per heavy atom. The van der Waals surface area contributed by atoms with Crippen LogP contribution < -0.4 is 5.32 Å². The smallest absolute Gasteiger partial charge is 0.143 e. The summed E-state index contributed by atoms with van der Waals surface area (Å²) >= 11 is 0. The van der Waals surface area contributed by atoms with E-state index in [9.17, 15) is 0 Å². The fourth-order valence-corrected chi connectivity index (χ4v) is 2.24. The molecule has 3 rings (SSSR count). The van der Waals surface area contributed by atoms with Gasteiger partial charge in [0.25, 0.3) is 0 Å². The average Bonchev–Trinajstić information content (AvgIpc) is 3.17. The molecule has 1 aromatic carbocycles. The van der Waals surface area contributed by atoms with Crippen LogP contribution in [-0.2, 0) is 7.05 Å². The van der Waals surface area contributed by atoms with Gasteiger partial charge in [0.1, 0.15) is 17.6 Å². The highest BCUT2D eigenvalue weighted by Crippen LogP contribution is 2.26. The van der Waals surface area contributed by atoms with Crippen LogP contribution in [0.2, 0.25) is 0 Å². The minimum Gasteiger partial charge on any atom is -0.467 e. The van der Waals surface area contributed by atoms with Crippen molar-refractivity contribution in [2.24, 2.45) is 7.05 Å². The number of benzene rings is 1. The topological polar surface area (TPSA) is 43.0 Å². The van der Waals surface area contributed by atoms with Gasteiger partial charge in [0.15, 0.2) is 0 Å². The lowest BCUT2D eigenvalue weighted by molar-refractivity contribution is 0.488. The molecular weight excluding hydrogens is 262 g/mol. The van der Waals surface area contributed by atoms with Crippen LogP contribution in [0.3, 0.4) is 0 Å². The highest BCUT2D eigenvalue weighted by Gasteiger charge is 2.20. The molecule has 3 aromatic rings. The molecule has 4 nitrogen and oxygen atoms in total. The molecule has 0 bridgehead atoms. The summed E-state index contributed by atoms with van der Waals surface area (Å²) in [7, 11) is 1.96. The minimum atomic E-state index is -0.173. The van der Waals surface area contributed by atoms with E-state index in [1.165, 1.54) is 0 Å². The first-order chi connectivity index (χ1) is 10.3. The lowest BCUT2D eigenvalue weighted by Gasteiger charge is -2.18. The Morgan fingerprint density at radius 1 is 1.33 bits per heavy atom. The highest BCUT2D eigenvalue weighted by atomic mass is 16.3. The van der Waals surface area contributed by atoms with E-state index in [0.29, 0.717) is 0 Å². The predicted molar refractivity (Wildman–Crippen MR) is 81.8 cm³/mol. The second-order valence-electron chi connectivity index (χ2n) is 4.71. The molecule has 104 valence electrons. The normalized spacial score (nSPS) is 11.8. The number of anilines is 1. The van der Waals surface area contributed by atoms with Gasteiger partial charge >= 0.3 is 0 Å². The molecule has 1 atom stereocenters. The summed E-state index contributed by atoms with van der Waals surface area (Å²) in [5.41, 5.74) is 1.76. The molecule has 4 heteroatoms. The Morgan fingerprint density at radius 2 is 2.24 bits per heavy atom. The van der Waals surface area contributed by atoms with Gasteiger partial charge in [0, 0.05) is 30.7 Å². The van der Waals surface area contributed by atoms with Crippen molar-refractivity contribution in [1.29, 1.82) is 0 Å². The van der Waals surface area contributed by atoms with Crippen molar-refractivity contribution in [3.63, 3.8) is 0 Å². The monoisotopic (exact) mass is 277 g/mol. The van der Waals surface area contributed by atoms with Gasteiger partial charge in [-0.2, -0.15) is 0 Å². The Kier molecular flexibility index (Phi) is 3.48. The second kappa shape index (κ2) is 5.59. The molecule has 0 spiro atoms. The van der Waals surface area contributed by atoms with Gasteiger partial charge in [-0.05, 0) is 30.3 Å². The van der Waals surface area contributed by atoms with E-state index < -0.39 is 0 Å². The number of rotatable bonds is 4. The Balaban J connectivity index is 1.97. The molecule has 0 saturated carbocycles. The lowest BCUT2D eigenvalue weighted by Crippen LogP contribution is -2.16.